The Morgan fingerprint density at radius 1 is 0.286 bits per heavy atom. The molecular weight excluding hydrogens is 584 g/mol. The van der Waals surface area contributed by atoms with Crippen LogP contribution in [-0.4, -0.2) is 75.4 Å². The summed E-state index contributed by atoms with van der Waals surface area (Å²) in [5.74, 6) is -6.51. The van der Waals surface area contributed by atoms with Crippen LogP contribution in [0.2, 0.25) is 0 Å². The molecule has 0 saturated carbocycles. The van der Waals surface area contributed by atoms with E-state index in [1.165, 1.54) is 0 Å². The van der Waals surface area contributed by atoms with Crippen molar-refractivity contribution in [1.82, 2.24) is 0 Å². The predicted octanol–water partition coefficient (Wildman–Crippen LogP) is -5.45. The Bertz CT molecular complexity index is 468. The van der Waals surface area contributed by atoms with E-state index >= 15 is 0 Å². The summed E-state index contributed by atoms with van der Waals surface area (Å²) in [6.07, 6.45) is 4.73. The van der Waals surface area contributed by atoms with E-state index in [0.717, 1.165) is 0 Å². The first-order valence-corrected chi connectivity index (χ1v) is 10.6. The fourth-order valence-corrected chi connectivity index (χ4v) is 2.15. The number of carboxylic acids is 6. The van der Waals surface area contributed by atoms with Crippen LogP contribution in [0.15, 0.2) is 0 Å². The zero-order valence-electron chi connectivity index (χ0n) is 19.7. The average Bonchev–Trinajstić information content (AvgIpc) is 2.67. The Morgan fingerprint density at radius 3 is 0.486 bits per heavy atom. The zero-order valence-corrected chi connectivity index (χ0v) is 24.5. The summed E-state index contributed by atoms with van der Waals surface area (Å²) in [4.78, 5) is 59.1. The van der Waals surface area contributed by atoms with Crippen LogP contribution in [0.1, 0.15) is 96.3 Å². The number of hydrogen-bond donors (Lipinski definition) is 0. The van der Waals surface area contributed by atoms with Gasteiger partial charge in [0.2, 0.25) is 0 Å². The maximum Gasteiger partial charge on any atom is 3.00 e. The third-order valence-corrected chi connectivity index (χ3v) is 3.79. The number of hydrogen-bond acceptors (Lipinski definition) is 12. The standard InChI is InChI=1S/3C7H12O4.2Ga/c3*8-6(9)4-2-1-3-5-7(10)11;;/h3*1-5H2,(H,8,9)(H,10,11);;/q;;;2*+3/p-6. The molecule has 0 unspecified atom stereocenters. The van der Waals surface area contributed by atoms with Gasteiger partial charge in [-0.25, -0.2) is 0 Å². The molecule has 0 rings (SSSR count). The van der Waals surface area contributed by atoms with Crippen molar-refractivity contribution in [2.75, 3.05) is 0 Å². The molecule has 0 radical (unpaired) electrons. The van der Waals surface area contributed by atoms with Crippen molar-refractivity contribution < 1.29 is 59.4 Å². The van der Waals surface area contributed by atoms with Crippen LogP contribution in [0.3, 0.4) is 0 Å². The second-order valence-electron chi connectivity index (χ2n) is 6.91. The first-order chi connectivity index (χ1) is 15.4. The molecule has 0 fully saturated rings. The predicted molar refractivity (Wildman–Crippen MR) is 111 cm³/mol. The Kier molecular flexibility index (Phi) is 39.6. The number of carbonyl (C=O) groups is 6. The van der Waals surface area contributed by atoms with Crippen molar-refractivity contribution in [3.8, 4) is 0 Å². The number of aliphatic carboxylic acids is 6. The van der Waals surface area contributed by atoms with E-state index in [1.54, 1.807) is 0 Å². The molecule has 0 aliphatic rings. The van der Waals surface area contributed by atoms with Crippen molar-refractivity contribution in [2.45, 2.75) is 96.3 Å². The van der Waals surface area contributed by atoms with Crippen molar-refractivity contribution >= 4 is 75.4 Å². The van der Waals surface area contributed by atoms with Gasteiger partial charge in [-0.3, -0.25) is 0 Å². The van der Waals surface area contributed by atoms with Crippen molar-refractivity contribution in [3.63, 3.8) is 0 Å². The third kappa shape index (κ3) is 59.5. The van der Waals surface area contributed by atoms with Gasteiger partial charge in [-0.2, -0.15) is 0 Å². The normalized spacial score (nSPS) is 8.91. The van der Waals surface area contributed by atoms with Gasteiger partial charge in [0.15, 0.2) is 0 Å². The Balaban J connectivity index is -0.000000125. The molecule has 0 heterocycles. The van der Waals surface area contributed by atoms with Gasteiger partial charge >= 0.3 is 39.6 Å². The smallest absolute Gasteiger partial charge is 0.550 e. The van der Waals surface area contributed by atoms with Crippen LogP contribution in [0.25, 0.3) is 0 Å². The molecule has 0 atom stereocenters. The molecule has 0 aliphatic carbocycles. The van der Waals surface area contributed by atoms with E-state index in [-0.39, 0.29) is 78.1 Å². The summed E-state index contributed by atoms with van der Waals surface area (Å²) in [6, 6.07) is 0. The largest absolute Gasteiger partial charge is 3.00 e. The molecule has 0 aliphatic heterocycles. The van der Waals surface area contributed by atoms with E-state index in [9.17, 15) is 59.4 Å². The fourth-order valence-electron chi connectivity index (χ4n) is 2.15. The van der Waals surface area contributed by atoms with Crippen molar-refractivity contribution in [1.29, 1.82) is 0 Å². The molecule has 0 aromatic carbocycles. The van der Waals surface area contributed by atoms with Gasteiger partial charge in [-0.15, -0.1) is 0 Å². The van der Waals surface area contributed by atoms with Gasteiger partial charge in [0.05, 0.1) is 0 Å². The molecule has 0 spiro atoms. The average molecular weight is 614 g/mol. The fraction of sp³-hybridized carbons (Fsp3) is 0.714. The Hall–Kier alpha value is -1.91. The molecular formula is C21H30Ga2O12. The second kappa shape index (κ2) is 32.1. The van der Waals surface area contributed by atoms with E-state index in [0.29, 0.717) is 57.8 Å². The van der Waals surface area contributed by atoms with E-state index in [1.807, 2.05) is 0 Å². The molecule has 0 amide bonds. The van der Waals surface area contributed by atoms with Crippen molar-refractivity contribution in [2.24, 2.45) is 0 Å². The summed E-state index contributed by atoms with van der Waals surface area (Å²) < 4.78 is 0. The van der Waals surface area contributed by atoms with Gasteiger partial charge in [0, 0.05) is 35.8 Å². The summed E-state index contributed by atoms with van der Waals surface area (Å²) >= 11 is 0. The van der Waals surface area contributed by atoms with Gasteiger partial charge < -0.3 is 59.4 Å². The molecule has 14 heteroatoms. The van der Waals surface area contributed by atoms with E-state index in [2.05, 4.69) is 0 Å². The summed E-state index contributed by atoms with van der Waals surface area (Å²) in [7, 11) is 0. The first-order valence-electron chi connectivity index (χ1n) is 10.6. The molecule has 0 N–H and O–H groups in total. The van der Waals surface area contributed by atoms with Crippen LogP contribution in [-0.2, 0) is 28.8 Å². The van der Waals surface area contributed by atoms with Gasteiger partial charge in [-0.1, -0.05) is 19.3 Å². The molecule has 0 aromatic heterocycles. The number of carbonyl (C=O) groups excluding carboxylic acids is 6. The number of rotatable bonds is 18. The number of carboxylic acid groups (broad SMARTS) is 6. The topological polar surface area (TPSA) is 241 Å². The monoisotopic (exact) mass is 612 g/mol. The van der Waals surface area contributed by atoms with Crippen LogP contribution >= 0.6 is 0 Å². The van der Waals surface area contributed by atoms with Crippen molar-refractivity contribution in [3.05, 3.63) is 0 Å². The molecule has 192 valence electrons. The first kappa shape index (κ1) is 43.2. The summed E-state index contributed by atoms with van der Waals surface area (Å²) in [6.45, 7) is 0. The molecule has 0 aromatic rings. The van der Waals surface area contributed by atoms with Gasteiger partial charge in [0.1, 0.15) is 0 Å². The molecule has 35 heavy (non-hydrogen) atoms. The molecule has 0 bridgehead atoms. The number of unbranched alkanes of at least 4 members (excludes halogenated alkanes) is 6. The molecule has 12 nitrogen and oxygen atoms in total. The van der Waals surface area contributed by atoms with Crippen LogP contribution in [0.5, 0.6) is 0 Å². The maximum atomic E-state index is 9.86. The quantitative estimate of drug-likeness (QED) is 0.104. The van der Waals surface area contributed by atoms with Crippen LogP contribution in [0.4, 0.5) is 0 Å². The van der Waals surface area contributed by atoms with Crippen LogP contribution < -0.4 is 30.6 Å². The minimum absolute atomic E-state index is 0. The van der Waals surface area contributed by atoms with Crippen LogP contribution in [0, 0.1) is 0 Å². The minimum atomic E-state index is -1.08. The van der Waals surface area contributed by atoms with E-state index < -0.39 is 35.8 Å². The molecule has 0 saturated heterocycles. The Labute approximate surface area is 230 Å². The minimum Gasteiger partial charge on any atom is -0.550 e. The van der Waals surface area contributed by atoms with E-state index in [4.69, 9.17) is 0 Å². The SMILES string of the molecule is O=C([O-])CCCCCC(=O)[O-].O=C([O-])CCCCCC(=O)[O-].O=C([O-])CCCCCC(=O)[O-].[Ga+3].[Ga+3]. The second-order valence-corrected chi connectivity index (χ2v) is 6.91. The van der Waals surface area contributed by atoms with Gasteiger partial charge in [0.25, 0.3) is 0 Å². The van der Waals surface area contributed by atoms with Gasteiger partial charge in [-0.05, 0) is 77.0 Å². The summed E-state index contributed by atoms with van der Waals surface area (Å²) in [5, 5.41) is 59.1. The summed E-state index contributed by atoms with van der Waals surface area (Å²) in [5.41, 5.74) is 0. The third-order valence-electron chi connectivity index (χ3n) is 3.79. The zero-order chi connectivity index (χ0) is 26.1. The Morgan fingerprint density at radius 2 is 0.400 bits per heavy atom. The maximum absolute atomic E-state index is 9.86.